The Kier molecular flexibility index (Phi) is 5.07. The summed E-state index contributed by atoms with van der Waals surface area (Å²) in [5, 5.41) is 13.8. The van der Waals surface area contributed by atoms with E-state index in [1.54, 1.807) is 30.4 Å². The first-order valence-corrected chi connectivity index (χ1v) is 10.0. The van der Waals surface area contributed by atoms with Crippen LogP contribution in [0.5, 0.6) is 0 Å². The molecule has 27 heavy (non-hydrogen) atoms. The first-order chi connectivity index (χ1) is 13.2. The fourth-order valence-corrected chi connectivity index (χ4v) is 4.10. The number of carbonyl (C=O) groups excluding carboxylic acids is 1. The summed E-state index contributed by atoms with van der Waals surface area (Å²) in [5.41, 5.74) is 1.60. The number of hydrogen-bond donors (Lipinski definition) is 3. The standard InChI is InChI=1S/C17H16N6O2S2/c1-2-12-7-18-14(25-12)9-26-15-8-19-17(27-15)22-16(24)21-11-3-4-13-10(5-11)6-20-23-13/h3-8H,2,9H2,1H3,(H,20,23)(H2,19,21,22,24). The molecule has 0 saturated carbocycles. The van der Waals surface area contributed by atoms with Gasteiger partial charge in [-0.15, -0.1) is 11.8 Å². The highest BCUT2D eigenvalue weighted by Crippen LogP contribution is 2.30. The summed E-state index contributed by atoms with van der Waals surface area (Å²) >= 11 is 2.97. The molecule has 0 saturated heterocycles. The SMILES string of the molecule is CCc1cnc(CSc2cnc(NC(=O)Nc3ccc4[nH]ncc4c3)s2)o1. The van der Waals surface area contributed by atoms with Crippen molar-refractivity contribution in [1.82, 2.24) is 20.2 Å². The van der Waals surface area contributed by atoms with E-state index in [4.69, 9.17) is 4.42 Å². The first-order valence-electron chi connectivity index (χ1n) is 8.23. The molecule has 4 rings (SSSR count). The molecule has 3 aromatic heterocycles. The van der Waals surface area contributed by atoms with Gasteiger partial charge in [0, 0.05) is 17.5 Å². The highest BCUT2D eigenvalue weighted by Gasteiger charge is 2.10. The molecule has 1 aromatic carbocycles. The number of thiazole rings is 1. The third kappa shape index (κ3) is 4.29. The molecule has 10 heteroatoms. The number of thioether (sulfide) groups is 1. The van der Waals surface area contributed by atoms with Crippen molar-refractivity contribution in [3.8, 4) is 0 Å². The van der Waals surface area contributed by atoms with Crippen molar-refractivity contribution >= 4 is 50.9 Å². The quantitative estimate of drug-likeness (QED) is 0.411. The molecule has 3 heterocycles. The third-order valence-electron chi connectivity index (χ3n) is 3.69. The zero-order valence-corrected chi connectivity index (χ0v) is 16.0. The van der Waals surface area contributed by atoms with Crippen molar-refractivity contribution in [1.29, 1.82) is 0 Å². The number of urea groups is 1. The van der Waals surface area contributed by atoms with E-state index in [-0.39, 0.29) is 6.03 Å². The van der Waals surface area contributed by atoms with Crippen LogP contribution in [0.3, 0.4) is 0 Å². The van der Waals surface area contributed by atoms with Gasteiger partial charge in [-0.2, -0.15) is 5.10 Å². The van der Waals surface area contributed by atoms with Crippen LogP contribution in [-0.2, 0) is 12.2 Å². The number of benzene rings is 1. The monoisotopic (exact) mass is 400 g/mol. The summed E-state index contributed by atoms with van der Waals surface area (Å²) in [6.07, 6.45) is 6.02. The molecule has 3 N–H and O–H groups in total. The van der Waals surface area contributed by atoms with E-state index >= 15 is 0 Å². The molecule has 0 unspecified atom stereocenters. The van der Waals surface area contributed by atoms with Crippen LogP contribution in [0.4, 0.5) is 15.6 Å². The van der Waals surface area contributed by atoms with E-state index in [0.717, 1.165) is 27.3 Å². The Bertz CT molecular complexity index is 1070. The zero-order chi connectivity index (χ0) is 18.6. The van der Waals surface area contributed by atoms with Gasteiger partial charge in [-0.1, -0.05) is 18.3 Å². The zero-order valence-electron chi connectivity index (χ0n) is 14.4. The number of nitrogens with one attached hydrogen (secondary N) is 3. The molecule has 4 aromatic rings. The number of H-pyrrole nitrogens is 1. The second-order valence-electron chi connectivity index (χ2n) is 5.60. The lowest BCUT2D eigenvalue weighted by Gasteiger charge is -2.05. The Morgan fingerprint density at radius 2 is 2.19 bits per heavy atom. The van der Waals surface area contributed by atoms with Gasteiger partial charge in [0.1, 0.15) is 5.76 Å². The number of nitrogens with zero attached hydrogens (tertiary/aromatic N) is 3. The molecule has 0 fully saturated rings. The van der Waals surface area contributed by atoms with Crippen LogP contribution >= 0.6 is 23.1 Å². The van der Waals surface area contributed by atoms with Gasteiger partial charge < -0.3 is 9.73 Å². The van der Waals surface area contributed by atoms with Crippen LogP contribution in [0.2, 0.25) is 0 Å². The number of fused-ring (bicyclic) bond motifs is 1. The summed E-state index contributed by atoms with van der Waals surface area (Å²) in [6.45, 7) is 2.02. The summed E-state index contributed by atoms with van der Waals surface area (Å²) in [6, 6.07) is 5.18. The number of aromatic nitrogens is 4. The molecular formula is C17H16N6O2S2. The fourth-order valence-electron chi connectivity index (χ4n) is 2.37. The van der Waals surface area contributed by atoms with E-state index in [0.29, 0.717) is 22.5 Å². The Labute approximate surface area is 162 Å². The van der Waals surface area contributed by atoms with Crippen molar-refractivity contribution in [2.24, 2.45) is 0 Å². The number of aryl methyl sites for hydroxylation is 1. The number of hydrogen-bond acceptors (Lipinski definition) is 7. The minimum atomic E-state index is -0.343. The molecule has 0 aliphatic heterocycles. The van der Waals surface area contributed by atoms with E-state index in [2.05, 4.69) is 30.8 Å². The van der Waals surface area contributed by atoms with Crippen LogP contribution in [0, 0.1) is 0 Å². The number of anilines is 2. The largest absolute Gasteiger partial charge is 0.445 e. The van der Waals surface area contributed by atoms with Crippen LogP contribution < -0.4 is 10.6 Å². The molecule has 8 nitrogen and oxygen atoms in total. The maximum Gasteiger partial charge on any atom is 0.325 e. The number of aromatic amines is 1. The summed E-state index contributed by atoms with van der Waals surface area (Å²) in [5.74, 6) is 2.19. The van der Waals surface area contributed by atoms with Gasteiger partial charge in [0.05, 0.1) is 34.1 Å². The maximum atomic E-state index is 12.2. The van der Waals surface area contributed by atoms with Crippen molar-refractivity contribution in [3.63, 3.8) is 0 Å². The van der Waals surface area contributed by atoms with Gasteiger partial charge in [-0.25, -0.2) is 14.8 Å². The number of amides is 2. The molecule has 2 amide bonds. The molecule has 138 valence electrons. The van der Waals surface area contributed by atoms with Gasteiger partial charge in [-0.3, -0.25) is 10.4 Å². The second-order valence-corrected chi connectivity index (χ2v) is 7.90. The summed E-state index contributed by atoms with van der Waals surface area (Å²) in [7, 11) is 0. The van der Waals surface area contributed by atoms with Gasteiger partial charge >= 0.3 is 6.03 Å². The van der Waals surface area contributed by atoms with Crippen molar-refractivity contribution in [2.45, 2.75) is 23.3 Å². The van der Waals surface area contributed by atoms with Crippen molar-refractivity contribution in [3.05, 3.63) is 48.4 Å². The topological polar surface area (TPSA) is 109 Å². The van der Waals surface area contributed by atoms with Gasteiger partial charge in [0.15, 0.2) is 5.13 Å². The lowest BCUT2D eigenvalue weighted by Crippen LogP contribution is -2.19. The first kappa shape index (κ1) is 17.6. The predicted octanol–water partition coefficient (Wildman–Crippen LogP) is 4.51. The maximum absolute atomic E-state index is 12.2. The Morgan fingerprint density at radius 3 is 3.04 bits per heavy atom. The Hall–Kier alpha value is -2.85. The molecule has 0 spiro atoms. The average Bonchev–Trinajstić information content (AvgIpc) is 3.40. The van der Waals surface area contributed by atoms with E-state index < -0.39 is 0 Å². The predicted molar refractivity (Wildman–Crippen MR) is 106 cm³/mol. The summed E-state index contributed by atoms with van der Waals surface area (Å²) < 4.78 is 6.56. The minimum absolute atomic E-state index is 0.343. The van der Waals surface area contributed by atoms with Crippen LogP contribution in [0.1, 0.15) is 18.6 Å². The van der Waals surface area contributed by atoms with Crippen LogP contribution in [0.25, 0.3) is 10.9 Å². The second kappa shape index (κ2) is 7.80. The van der Waals surface area contributed by atoms with Gasteiger partial charge in [-0.05, 0) is 18.2 Å². The summed E-state index contributed by atoms with van der Waals surface area (Å²) in [4.78, 5) is 20.6. The third-order valence-corrected chi connectivity index (χ3v) is 5.78. The van der Waals surface area contributed by atoms with Crippen LogP contribution in [0.15, 0.2) is 45.4 Å². The van der Waals surface area contributed by atoms with E-state index in [1.165, 1.54) is 11.3 Å². The molecule has 0 bridgehead atoms. The van der Waals surface area contributed by atoms with Crippen LogP contribution in [-0.4, -0.2) is 26.2 Å². The smallest absolute Gasteiger partial charge is 0.325 e. The average molecular weight is 400 g/mol. The minimum Gasteiger partial charge on any atom is -0.445 e. The van der Waals surface area contributed by atoms with Crippen molar-refractivity contribution in [2.75, 3.05) is 10.6 Å². The van der Waals surface area contributed by atoms with E-state index in [9.17, 15) is 4.79 Å². The molecule has 0 aliphatic rings. The number of rotatable bonds is 6. The van der Waals surface area contributed by atoms with E-state index in [1.807, 2.05) is 25.1 Å². The Morgan fingerprint density at radius 1 is 1.26 bits per heavy atom. The highest BCUT2D eigenvalue weighted by molar-refractivity contribution is 8.00. The normalized spacial score (nSPS) is 11.0. The number of oxazole rings is 1. The van der Waals surface area contributed by atoms with Gasteiger partial charge in [0.25, 0.3) is 0 Å². The van der Waals surface area contributed by atoms with Gasteiger partial charge in [0.2, 0.25) is 5.89 Å². The highest BCUT2D eigenvalue weighted by atomic mass is 32.2. The fraction of sp³-hybridized carbons (Fsp3) is 0.176. The Balaban J connectivity index is 1.32. The van der Waals surface area contributed by atoms with Crippen molar-refractivity contribution < 1.29 is 9.21 Å². The lowest BCUT2D eigenvalue weighted by molar-refractivity contribution is 0.262. The molecule has 0 atom stereocenters. The molecular weight excluding hydrogens is 384 g/mol. The number of carbonyl (C=O) groups is 1. The molecule has 0 aliphatic carbocycles. The molecule has 0 radical (unpaired) electrons. The lowest BCUT2D eigenvalue weighted by atomic mass is 10.2.